The molecule has 2 bridgehead atoms. The van der Waals surface area contributed by atoms with Gasteiger partial charge in [0.1, 0.15) is 5.82 Å². The second-order valence-corrected chi connectivity index (χ2v) is 8.35. The highest BCUT2D eigenvalue weighted by Crippen LogP contribution is 2.47. The summed E-state index contributed by atoms with van der Waals surface area (Å²) in [4.78, 5) is 19.5. The van der Waals surface area contributed by atoms with Crippen molar-refractivity contribution in [3.63, 3.8) is 0 Å². The van der Waals surface area contributed by atoms with Gasteiger partial charge in [-0.1, -0.05) is 13.0 Å². The summed E-state index contributed by atoms with van der Waals surface area (Å²) in [5.74, 6) is 3.09. The molecular formula is C20H30N4O. The Balaban J connectivity index is 1.30. The Morgan fingerprint density at radius 2 is 2.00 bits per heavy atom. The number of nitrogens with two attached hydrogens (primary N) is 1. The molecular weight excluding hydrogens is 312 g/mol. The normalized spacial score (nSPS) is 32.2. The van der Waals surface area contributed by atoms with E-state index < -0.39 is 0 Å². The van der Waals surface area contributed by atoms with Crippen molar-refractivity contribution in [2.24, 2.45) is 29.4 Å². The van der Waals surface area contributed by atoms with Gasteiger partial charge in [0, 0.05) is 31.9 Å². The molecule has 5 nitrogen and oxygen atoms in total. The molecule has 0 aromatic carbocycles. The van der Waals surface area contributed by atoms with E-state index in [1.165, 1.54) is 25.7 Å². The largest absolute Gasteiger partial charge is 0.357 e. The van der Waals surface area contributed by atoms with Crippen LogP contribution in [0.25, 0.3) is 0 Å². The van der Waals surface area contributed by atoms with Gasteiger partial charge < -0.3 is 16.0 Å². The highest BCUT2D eigenvalue weighted by atomic mass is 16.1. The van der Waals surface area contributed by atoms with Crippen molar-refractivity contribution in [3.05, 3.63) is 23.9 Å². The van der Waals surface area contributed by atoms with Crippen molar-refractivity contribution >= 4 is 11.7 Å². The number of piperidine rings is 1. The maximum atomic E-state index is 12.5. The molecule has 3 fully saturated rings. The van der Waals surface area contributed by atoms with Crippen molar-refractivity contribution in [2.75, 3.05) is 18.0 Å². The number of fused-ring (bicyclic) bond motifs is 2. The maximum absolute atomic E-state index is 12.5. The zero-order valence-electron chi connectivity index (χ0n) is 15.2. The standard InChI is InChI=1S/C20H30N4O/c1-13-6-8-24(9-7-13)17-5-2-14(11-22-17)12-23-20(25)18-15-3-4-16(10-15)19(18)21/h2,5,11,13,15-16,18-19H,3-4,6-10,12,21H2,1H3,(H,23,25). The van der Waals surface area contributed by atoms with Crippen molar-refractivity contribution in [1.82, 2.24) is 10.3 Å². The zero-order valence-corrected chi connectivity index (χ0v) is 15.2. The number of carbonyl (C=O) groups excluding carboxylic acids is 1. The summed E-state index contributed by atoms with van der Waals surface area (Å²) in [6.45, 7) is 5.04. The Hall–Kier alpha value is -1.62. The van der Waals surface area contributed by atoms with Gasteiger partial charge in [-0.3, -0.25) is 4.79 Å². The number of hydrogen-bond acceptors (Lipinski definition) is 4. The fraction of sp³-hybridized carbons (Fsp3) is 0.700. The van der Waals surface area contributed by atoms with Crippen LogP contribution < -0.4 is 16.0 Å². The van der Waals surface area contributed by atoms with Gasteiger partial charge in [-0.25, -0.2) is 4.98 Å². The molecule has 0 radical (unpaired) electrons. The van der Waals surface area contributed by atoms with Crippen LogP contribution in [0.3, 0.4) is 0 Å². The van der Waals surface area contributed by atoms with Crippen LogP contribution >= 0.6 is 0 Å². The third-order valence-corrected chi connectivity index (χ3v) is 6.67. The van der Waals surface area contributed by atoms with Gasteiger partial charge in [-0.05, 0) is 61.5 Å². The van der Waals surface area contributed by atoms with Crippen LogP contribution in [0.1, 0.15) is 44.6 Å². The highest BCUT2D eigenvalue weighted by Gasteiger charge is 2.48. The first-order valence-electron chi connectivity index (χ1n) is 9.85. The molecule has 1 aromatic heterocycles. The smallest absolute Gasteiger partial charge is 0.225 e. The van der Waals surface area contributed by atoms with Crippen molar-refractivity contribution in [3.8, 4) is 0 Å². The molecule has 3 N–H and O–H groups in total. The van der Waals surface area contributed by atoms with Gasteiger partial charge in [0.15, 0.2) is 0 Å². The molecule has 4 atom stereocenters. The molecule has 1 aromatic rings. The Morgan fingerprint density at radius 1 is 1.24 bits per heavy atom. The Labute approximate surface area is 150 Å². The highest BCUT2D eigenvalue weighted by molar-refractivity contribution is 5.80. The van der Waals surface area contributed by atoms with E-state index in [-0.39, 0.29) is 17.9 Å². The molecule has 0 spiro atoms. The quantitative estimate of drug-likeness (QED) is 0.881. The topological polar surface area (TPSA) is 71.2 Å². The molecule has 1 amide bonds. The first-order valence-corrected chi connectivity index (χ1v) is 9.85. The summed E-state index contributed by atoms with van der Waals surface area (Å²) >= 11 is 0. The second-order valence-electron chi connectivity index (χ2n) is 8.35. The number of aromatic nitrogens is 1. The fourth-order valence-corrected chi connectivity index (χ4v) is 4.98. The molecule has 5 heteroatoms. The third kappa shape index (κ3) is 3.39. The van der Waals surface area contributed by atoms with Crippen molar-refractivity contribution < 1.29 is 4.79 Å². The lowest BCUT2D eigenvalue weighted by atomic mass is 9.84. The van der Waals surface area contributed by atoms with E-state index in [2.05, 4.69) is 34.3 Å². The Kier molecular flexibility index (Phi) is 4.67. The number of pyridine rings is 1. The van der Waals surface area contributed by atoms with E-state index in [0.29, 0.717) is 18.4 Å². The number of nitrogens with zero attached hydrogens (tertiary/aromatic N) is 2. The van der Waals surface area contributed by atoms with Gasteiger partial charge in [-0.15, -0.1) is 0 Å². The van der Waals surface area contributed by atoms with Gasteiger partial charge in [-0.2, -0.15) is 0 Å². The Bertz CT molecular complexity index is 607. The number of anilines is 1. The average molecular weight is 342 g/mol. The van der Waals surface area contributed by atoms with E-state index in [1.54, 1.807) is 0 Å². The summed E-state index contributed by atoms with van der Waals surface area (Å²) in [5, 5.41) is 3.09. The number of carbonyl (C=O) groups is 1. The molecule has 136 valence electrons. The molecule has 3 aliphatic rings. The fourth-order valence-electron chi connectivity index (χ4n) is 4.98. The van der Waals surface area contributed by atoms with Crippen LogP contribution in [-0.2, 0) is 11.3 Å². The number of amides is 1. The maximum Gasteiger partial charge on any atom is 0.225 e. The molecule has 25 heavy (non-hydrogen) atoms. The number of hydrogen-bond donors (Lipinski definition) is 2. The second kappa shape index (κ2) is 6.94. The minimum Gasteiger partial charge on any atom is -0.357 e. The summed E-state index contributed by atoms with van der Waals surface area (Å²) < 4.78 is 0. The van der Waals surface area contributed by atoms with E-state index in [1.807, 2.05) is 6.20 Å². The van der Waals surface area contributed by atoms with Gasteiger partial charge in [0.05, 0.1) is 5.92 Å². The zero-order chi connectivity index (χ0) is 17.4. The molecule has 1 saturated heterocycles. The van der Waals surface area contributed by atoms with Crippen LogP contribution in [0, 0.1) is 23.7 Å². The molecule has 2 heterocycles. The molecule has 2 aliphatic carbocycles. The van der Waals surface area contributed by atoms with Crippen molar-refractivity contribution in [1.29, 1.82) is 0 Å². The summed E-state index contributed by atoms with van der Waals surface area (Å²) in [6, 6.07) is 4.23. The molecule has 2 saturated carbocycles. The predicted octanol–water partition coefficient (Wildman–Crippen LogP) is 2.31. The van der Waals surface area contributed by atoms with E-state index in [0.717, 1.165) is 36.8 Å². The lowest BCUT2D eigenvalue weighted by Gasteiger charge is -2.31. The van der Waals surface area contributed by atoms with E-state index in [9.17, 15) is 4.79 Å². The first kappa shape index (κ1) is 16.8. The average Bonchev–Trinajstić information content (AvgIpc) is 3.22. The van der Waals surface area contributed by atoms with Crippen LogP contribution in [0.15, 0.2) is 18.3 Å². The van der Waals surface area contributed by atoms with Crippen LogP contribution in [0.2, 0.25) is 0 Å². The van der Waals surface area contributed by atoms with Crippen LogP contribution in [-0.4, -0.2) is 30.0 Å². The van der Waals surface area contributed by atoms with Crippen LogP contribution in [0.4, 0.5) is 5.82 Å². The van der Waals surface area contributed by atoms with E-state index >= 15 is 0 Å². The lowest BCUT2D eigenvalue weighted by Crippen LogP contribution is -2.45. The predicted molar refractivity (Wildman–Crippen MR) is 99.0 cm³/mol. The number of nitrogens with one attached hydrogen (secondary N) is 1. The first-order chi connectivity index (χ1) is 12.1. The summed E-state index contributed by atoms with van der Waals surface area (Å²) in [7, 11) is 0. The lowest BCUT2D eigenvalue weighted by molar-refractivity contribution is -0.127. The minimum atomic E-state index is 0.0151. The monoisotopic (exact) mass is 342 g/mol. The number of rotatable bonds is 4. The summed E-state index contributed by atoms with van der Waals surface area (Å²) in [5.41, 5.74) is 7.32. The van der Waals surface area contributed by atoms with E-state index in [4.69, 9.17) is 5.73 Å². The third-order valence-electron chi connectivity index (χ3n) is 6.67. The SMILES string of the molecule is CC1CCN(c2ccc(CNC(=O)C3C4CCC(C4)C3N)cn2)CC1. The molecule has 1 aliphatic heterocycles. The van der Waals surface area contributed by atoms with Crippen LogP contribution in [0.5, 0.6) is 0 Å². The van der Waals surface area contributed by atoms with Gasteiger partial charge in [0.2, 0.25) is 5.91 Å². The molecule has 4 unspecified atom stereocenters. The Morgan fingerprint density at radius 3 is 2.64 bits per heavy atom. The van der Waals surface area contributed by atoms with Crippen molar-refractivity contribution in [2.45, 2.75) is 51.6 Å². The minimum absolute atomic E-state index is 0.0151. The molecule has 4 rings (SSSR count). The van der Waals surface area contributed by atoms with Gasteiger partial charge >= 0.3 is 0 Å². The van der Waals surface area contributed by atoms with Gasteiger partial charge in [0.25, 0.3) is 0 Å². The summed E-state index contributed by atoms with van der Waals surface area (Å²) in [6.07, 6.45) is 7.89.